The SMILES string of the molecule is CNc1nc(NC2CC(C)C2)nn2ccc(-c3ccn4nccc4n3)c12. The molecule has 0 saturated heterocycles. The van der Waals surface area contributed by atoms with Crippen molar-refractivity contribution in [1.82, 2.24) is 29.2 Å². The predicted molar refractivity (Wildman–Crippen MR) is 100 cm³/mol. The van der Waals surface area contributed by atoms with Crippen molar-refractivity contribution in [3.63, 3.8) is 0 Å². The van der Waals surface area contributed by atoms with Crippen LogP contribution in [-0.4, -0.2) is 42.3 Å². The van der Waals surface area contributed by atoms with E-state index in [-0.39, 0.29) is 0 Å². The van der Waals surface area contributed by atoms with Gasteiger partial charge in [0.25, 0.3) is 0 Å². The number of hydrogen-bond acceptors (Lipinski definition) is 6. The molecule has 8 heteroatoms. The lowest BCUT2D eigenvalue weighted by Gasteiger charge is -2.33. The molecule has 0 atom stereocenters. The molecule has 0 aromatic carbocycles. The summed E-state index contributed by atoms with van der Waals surface area (Å²) in [7, 11) is 1.88. The number of nitrogens with one attached hydrogen (secondary N) is 2. The zero-order valence-electron chi connectivity index (χ0n) is 14.7. The molecule has 1 aliphatic carbocycles. The Kier molecular flexibility index (Phi) is 3.31. The third kappa shape index (κ3) is 2.37. The van der Waals surface area contributed by atoms with Crippen molar-refractivity contribution in [2.24, 2.45) is 5.92 Å². The average molecular weight is 348 g/mol. The van der Waals surface area contributed by atoms with E-state index >= 15 is 0 Å². The van der Waals surface area contributed by atoms with E-state index in [0.29, 0.717) is 12.0 Å². The van der Waals surface area contributed by atoms with E-state index in [1.165, 1.54) is 12.8 Å². The number of anilines is 2. The van der Waals surface area contributed by atoms with Gasteiger partial charge in [0.15, 0.2) is 11.5 Å². The number of hydrogen-bond donors (Lipinski definition) is 2. The van der Waals surface area contributed by atoms with Gasteiger partial charge in [0.05, 0.1) is 11.9 Å². The summed E-state index contributed by atoms with van der Waals surface area (Å²) < 4.78 is 3.61. The van der Waals surface area contributed by atoms with Gasteiger partial charge in [0.2, 0.25) is 5.95 Å². The molecular weight excluding hydrogens is 328 g/mol. The van der Waals surface area contributed by atoms with Crippen LogP contribution in [0.15, 0.2) is 36.8 Å². The maximum Gasteiger partial charge on any atom is 0.243 e. The predicted octanol–water partition coefficient (Wildman–Crippen LogP) is 2.69. The largest absolute Gasteiger partial charge is 0.371 e. The second-order valence-corrected chi connectivity index (χ2v) is 6.92. The minimum Gasteiger partial charge on any atom is -0.371 e. The van der Waals surface area contributed by atoms with Crippen molar-refractivity contribution in [1.29, 1.82) is 0 Å². The molecule has 1 saturated carbocycles. The molecule has 4 heterocycles. The molecule has 1 fully saturated rings. The highest BCUT2D eigenvalue weighted by Crippen LogP contribution is 2.31. The lowest BCUT2D eigenvalue weighted by molar-refractivity contribution is 0.307. The zero-order valence-corrected chi connectivity index (χ0v) is 14.7. The van der Waals surface area contributed by atoms with Crippen molar-refractivity contribution in [2.75, 3.05) is 17.7 Å². The molecule has 2 N–H and O–H groups in total. The van der Waals surface area contributed by atoms with Crippen molar-refractivity contribution in [3.05, 3.63) is 36.8 Å². The van der Waals surface area contributed by atoms with Crippen molar-refractivity contribution >= 4 is 22.9 Å². The average Bonchev–Trinajstić information content (AvgIpc) is 3.25. The fourth-order valence-corrected chi connectivity index (χ4v) is 3.63. The van der Waals surface area contributed by atoms with Crippen LogP contribution in [0.25, 0.3) is 22.4 Å². The van der Waals surface area contributed by atoms with Crippen LogP contribution in [0.1, 0.15) is 19.8 Å². The molecule has 132 valence electrons. The van der Waals surface area contributed by atoms with Gasteiger partial charge in [0.1, 0.15) is 5.52 Å². The van der Waals surface area contributed by atoms with Crippen LogP contribution in [0.5, 0.6) is 0 Å². The van der Waals surface area contributed by atoms with Crippen LogP contribution < -0.4 is 10.6 Å². The second kappa shape index (κ2) is 5.69. The van der Waals surface area contributed by atoms with Gasteiger partial charge in [-0.25, -0.2) is 14.0 Å². The molecule has 0 spiro atoms. The summed E-state index contributed by atoms with van der Waals surface area (Å²) in [6.45, 7) is 2.27. The van der Waals surface area contributed by atoms with E-state index in [0.717, 1.165) is 34.2 Å². The fourth-order valence-electron chi connectivity index (χ4n) is 3.63. The highest BCUT2D eigenvalue weighted by molar-refractivity contribution is 5.87. The number of rotatable bonds is 4. The molecule has 26 heavy (non-hydrogen) atoms. The molecule has 0 unspecified atom stereocenters. The first-order valence-corrected chi connectivity index (χ1v) is 8.85. The molecule has 1 aliphatic rings. The smallest absolute Gasteiger partial charge is 0.243 e. The Morgan fingerprint density at radius 3 is 2.73 bits per heavy atom. The lowest BCUT2D eigenvalue weighted by Crippen LogP contribution is -2.34. The summed E-state index contributed by atoms with van der Waals surface area (Å²) in [6, 6.07) is 6.33. The first-order valence-electron chi connectivity index (χ1n) is 8.85. The van der Waals surface area contributed by atoms with Crippen molar-refractivity contribution in [3.8, 4) is 11.3 Å². The van der Waals surface area contributed by atoms with Gasteiger partial charge in [0, 0.05) is 37.1 Å². The first kappa shape index (κ1) is 15.1. The highest BCUT2D eigenvalue weighted by atomic mass is 15.3. The Bertz CT molecular complexity index is 1090. The van der Waals surface area contributed by atoms with Gasteiger partial charge in [-0.2, -0.15) is 10.1 Å². The maximum absolute atomic E-state index is 4.69. The third-order valence-electron chi connectivity index (χ3n) is 4.99. The number of fused-ring (bicyclic) bond motifs is 2. The van der Waals surface area contributed by atoms with Crippen LogP contribution >= 0.6 is 0 Å². The van der Waals surface area contributed by atoms with Gasteiger partial charge in [-0.1, -0.05) is 6.92 Å². The zero-order chi connectivity index (χ0) is 17.7. The Morgan fingerprint density at radius 2 is 1.92 bits per heavy atom. The molecule has 4 aromatic heterocycles. The molecular formula is C18H20N8. The summed E-state index contributed by atoms with van der Waals surface area (Å²) in [5.41, 5.74) is 3.58. The van der Waals surface area contributed by atoms with E-state index in [2.05, 4.69) is 32.7 Å². The number of aromatic nitrogens is 6. The van der Waals surface area contributed by atoms with Crippen LogP contribution in [0, 0.1) is 5.92 Å². The van der Waals surface area contributed by atoms with Gasteiger partial charge >= 0.3 is 0 Å². The van der Waals surface area contributed by atoms with E-state index in [4.69, 9.17) is 4.98 Å². The molecule has 0 amide bonds. The van der Waals surface area contributed by atoms with Gasteiger partial charge in [-0.15, -0.1) is 5.10 Å². The van der Waals surface area contributed by atoms with Crippen LogP contribution in [-0.2, 0) is 0 Å². The minimum atomic E-state index is 0.466. The summed E-state index contributed by atoms with van der Waals surface area (Å²) in [5, 5.41) is 15.5. The van der Waals surface area contributed by atoms with E-state index in [1.54, 1.807) is 10.7 Å². The second-order valence-electron chi connectivity index (χ2n) is 6.92. The molecule has 0 radical (unpaired) electrons. The quantitative estimate of drug-likeness (QED) is 0.590. The van der Waals surface area contributed by atoms with Crippen molar-refractivity contribution < 1.29 is 0 Å². The molecule has 8 nitrogen and oxygen atoms in total. The van der Waals surface area contributed by atoms with Gasteiger partial charge in [-0.05, 0) is 30.9 Å². The van der Waals surface area contributed by atoms with Gasteiger partial charge < -0.3 is 10.6 Å². The third-order valence-corrected chi connectivity index (χ3v) is 4.99. The highest BCUT2D eigenvalue weighted by Gasteiger charge is 2.26. The fraction of sp³-hybridized carbons (Fsp3) is 0.333. The Morgan fingerprint density at radius 1 is 1.08 bits per heavy atom. The first-order chi connectivity index (χ1) is 12.7. The molecule has 0 aliphatic heterocycles. The lowest BCUT2D eigenvalue weighted by atomic mass is 9.82. The normalized spacial score (nSPS) is 19.6. The Hall–Kier alpha value is -3.16. The summed E-state index contributed by atoms with van der Waals surface area (Å²) in [6.07, 6.45) is 7.94. The molecule has 5 rings (SSSR count). The monoisotopic (exact) mass is 348 g/mol. The Labute approximate surface area is 150 Å². The summed E-state index contributed by atoms with van der Waals surface area (Å²) >= 11 is 0. The number of nitrogens with zero attached hydrogens (tertiary/aromatic N) is 6. The van der Waals surface area contributed by atoms with Crippen molar-refractivity contribution in [2.45, 2.75) is 25.8 Å². The maximum atomic E-state index is 4.69. The minimum absolute atomic E-state index is 0.466. The van der Waals surface area contributed by atoms with E-state index in [9.17, 15) is 0 Å². The summed E-state index contributed by atoms with van der Waals surface area (Å²) in [5.74, 6) is 2.22. The standard InChI is InChI=1S/C18H20N8/c1-11-9-12(10-11)21-18-23-17(19-2)16-13(4-7-26(16)24-18)14-5-8-25-15(22-14)3-6-20-25/h3-8,11-12H,9-10H2,1-2H3,(H2,19,21,23,24). The molecule has 0 bridgehead atoms. The summed E-state index contributed by atoms with van der Waals surface area (Å²) in [4.78, 5) is 9.37. The van der Waals surface area contributed by atoms with Crippen LogP contribution in [0.2, 0.25) is 0 Å². The van der Waals surface area contributed by atoms with E-state index < -0.39 is 0 Å². The van der Waals surface area contributed by atoms with Gasteiger partial charge in [-0.3, -0.25) is 0 Å². The Balaban J connectivity index is 1.58. The molecule has 4 aromatic rings. The topological polar surface area (TPSA) is 84.4 Å². The van der Waals surface area contributed by atoms with E-state index in [1.807, 2.05) is 42.2 Å². The van der Waals surface area contributed by atoms with Crippen LogP contribution in [0.3, 0.4) is 0 Å². The van der Waals surface area contributed by atoms with Crippen LogP contribution in [0.4, 0.5) is 11.8 Å².